The lowest BCUT2D eigenvalue weighted by Crippen LogP contribution is -2.13. The molecule has 0 atom stereocenters. The summed E-state index contributed by atoms with van der Waals surface area (Å²) in [6.45, 7) is 0.782. The van der Waals surface area contributed by atoms with Crippen LogP contribution in [0.4, 0.5) is 10.1 Å². The molecule has 4 aromatic rings. The maximum Gasteiger partial charge on any atom is 0.258 e. The Balaban J connectivity index is 1.37. The zero-order valence-electron chi connectivity index (χ0n) is 17.2. The van der Waals surface area contributed by atoms with Gasteiger partial charge in [0.25, 0.3) is 5.91 Å². The number of rotatable bonds is 9. The van der Waals surface area contributed by atoms with E-state index < -0.39 is 0 Å². The predicted octanol–water partition coefficient (Wildman–Crippen LogP) is 6.08. The van der Waals surface area contributed by atoms with Gasteiger partial charge in [-0.15, -0.1) is 11.8 Å². The second-order valence-corrected chi connectivity index (χ2v) is 7.96. The number of furan rings is 1. The first kappa shape index (κ1) is 21.8. The van der Waals surface area contributed by atoms with Crippen LogP contribution >= 0.6 is 11.8 Å². The summed E-state index contributed by atoms with van der Waals surface area (Å²) < 4.78 is 24.0. The maximum atomic E-state index is 13.1. The van der Waals surface area contributed by atoms with Crippen LogP contribution in [0, 0.1) is 5.82 Å². The van der Waals surface area contributed by atoms with Crippen molar-refractivity contribution in [3.05, 3.63) is 114 Å². The topological polar surface area (TPSA) is 64.4 Å². The highest BCUT2D eigenvalue weighted by Crippen LogP contribution is 2.25. The molecule has 0 saturated heterocycles. The Labute approximate surface area is 189 Å². The third-order valence-electron chi connectivity index (χ3n) is 4.58. The Morgan fingerprint density at radius 3 is 2.69 bits per heavy atom. The Bertz CT molecular complexity index is 1160. The Hall–Kier alpha value is -3.42. The fraction of sp³-hybridized carbons (Fsp3) is 0.120. The molecule has 0 spiro atoms. The molecule has 4 rings (SSSR count). The van der Waals surface area contributed by atoms with Gasteiger partial charge in [-0.2, -0.15) is 0 Å². The van der Waals surface area contributed by atoms with Gasteiger partial charge < -0.3 is 14.5 Å². The molecular weight excluding hydrogens is 427 g/mol. The van der Waals surface area contributed by atoms with Crippen molar-refractivity contribution in [3.63, 3.8) is 0 Å². The summed E-state index contributed by atoms with van der Waals surface area (Å²) in [5, 5.41) is 3.55. The van der Waals surface area contributed by atoms with Crippen LogP contribution in [-0.4, -0.2) is 10.9 Å². The molecule has 2 aromatic heterocycles. The number of aromatic nitrogens is 1. The number of ether oxygens (including phenoxy) is 1. The fourth-order valence-corrected chi connectivity index (χ4v) is 3.96. The van der Waals surface area contributed by atoms with Crippen LogP contribution in [0.1, 0.15) is 27.2 Å². The molecule has 0 radical (unpaired) electrons. The number of carbonyl (C=O) groups excluding carboxylic acids is 1. The average Bonchev–Trinajstić information content (AvgIpc) is 3.33. The molecule has 2 aromatic carbocycles. The largest absolute Gasteiger partial charge is 0.467 e. The van der Waals surface area contributed by atoms with Crippen LogP contribution in [0.5, 0.6) is 0 Å². The van der Waals surface area contributed by atoms with E-state index in [9.17, 15) is 9.18 Å². The Kier molecular flexibility index (Phi) is 7.32. The molecule has 1 amide bonds. The van der Waals surface area contributed by atoms with E-state index in [-0.39, 0.29) is 11.7 Å². The van der Waals surface area contributed by atoms with Gasteiger partial charge in [-0.25, -0.2) is 9.37 Å². The third kappa shape index (κ3) is 6.06. The highest BCUT2D eigenvalue weighted by molar-refractivity contribution is 7.98. The molecule has 0 aliphatic rings. The molecule has 2 heterocycles. The number of hydrogen-bond acceptors (Lipinski definition) is 5. The van der Waals surface area contributed by atoms with Crippen molar-refractivity contribution in [1.29, 1.82) is 0 Å². The molecule has 0 aliphatic carbocycles. The van der Waals surface area contributed by atoms with Crippen molar-refractivity contribution in [1.82, 2.24) is 4.98 Å². The van der Waals surface area contributed by atoms with Gasteiger partial charge in [0.2, 0.25) is 0 Å². The van der Waals surface area contributed by atoms with Crippen LogP contribution in [0.15, 0.2) is 94.7 Å². The summed E-state index contributed by atoms with van der Waals surface area (Å²) in [7, 11) is 0. The number of pyridine rings is 1. The second-order valence-electron chi connectivity index (χ2n) is 7.00. The normalized spacial score (nSPS) is 10.8. The quantitative estimate of drug-likeness (QED) is 0.315. The lowest BCUT2D eigenvalue weighted by molar-refractivity contribution is 0.0929. The monoisotopic (exact) mass is 448 g/mol. The smallest absolute Gasteiger partial charge is 0.258 e. The number of carbonyl (C=O) groups is 1. The highest BCUT2D eigenvalue weighted by atomic mass is 32.2. The number of anilines is 1. The van der Waals surface area contributed by atoms with Crippen molar-refractivity contribution in [2.24, 2.45) is 0 Å². The van der Waals surface area contributed by atoms with Crippen LogP contribution < -0.4 is 5.32 Å². The number of halogens is 1. The molecule has 7 heteroatoms. The van der Waals surface area contributed by atoms with Crippen LogP contribution in [-0.2, 0) is 23.7 Å². The summed E-state index contributed by atoms with van der Waals surface area (Å²) in [5.74, 6) is 0.829. The van der Waals surface area contributed by atoms with E-state index in [1.165, 1.54) is 23.9 Å². The minimum absolute atomic E-state index is 0.242. The van der Waals surface area contributed by atoms with E-state index in [0.717, 1.165) is 16.9 Å². The third-order valence-corrected chi connectivity index (χ3v) is 5.66. The van der Waals surface area contributed by atoms with E-state index in [0.29, 0.717) is 35.2 Å². The SMILES string of the molecule is O=C(Nc1cccc(COCc2ccco2)c1)c1cccnc1SCc1ccc(F)cc1. The first-order valence-corrected chi connectivity index (χ1v) is 11.0. The number of nitrogens with one attached hydrogen (secondary N) is 1. The molecule has 0 bridgehead atoms. The second kappa shape index (κ2) is 10.7. The Morgan fingerprint density at radius 1 is 1.00 bits per heavy atom. The molecule has 32 heavy (non-hydrogen) atoms. The molecule has 0 saturated carbocycles. The van der Waals surface area contributed by atoms with E-state index in [2.05, 4.69) is 10.3 Å². The number of amides is 1. The van der Waals surface area contributed by atoms with Crippen molar-refractivity contribution in [2.45, 2.75) is 24.0 Å². The predicted molar refractivity (Wildman–Crippen MR) is 122 cm³/mol. The van der Waals surface area contributed by atoms with E-state index in [1.807, 2.05) is 36.4 Å². The standard InChI is InChI=1S/C25H21FN2O3S/c26-20-10-8-18(9-11-20)17-32-25-23(7-2-12-27-25)24(29)28-21-5-1-4-19(14-21)15-30-16-22-6-3-13-31-22/h1-14H,15-17H2,(H,28,29). The van der Waals surface area contributed by atoms with E-state index in [4.69, 9.17) is 9.15 Å². The molecule has 1 N–H and O–H groups in total. The molecule has 5 nitrogen and oxygen atoms in total. The first-order chi connectivity index (χ1) is 15.7. The van der Waals surface area contributed by atoms with Crippen LogP contribution in [0.3, 0.4) is 0 Å². The molecule has 0 fully saturated rings. The van der Waals surface area contributed by atoms with Gasteiger partial charge in [0.05, 0.1) is 18.4 Å². The van der Waals surface area contributed by atoms with E-state index >= 15 is 0 Å². The fourth-order valence-electron chi connectivity index (χ4n) is 3.01. The number of nitrogens with zero attached hydrogens (tertiary/aromatic N) is 1. The molecule has 0 aliphatic heterocycles. The van der Waals surface area contributed by atoms with Crippen molar-refractivity contribution in [2.75, 3.05) is 5.32 Å². The van der Waals surface area contributed by atoms with Gasteiger partial charge in [-0.3, -0.25) is 4.79 Å². The van der Waals surface area contributed by atoms with Gasteiger partial charge in [-0.1, -0.05) is 24.3 Å². The van der Waals surface area contributed by atoms with Gasteiger partial charge in [-0.05, 0) is 59.7 Å². The van der Waals surface area contributed by atoms with Crippen molar-refractivity contribution in [3.8, 4) is 0 Å². The van der Waals surface area contributed by atoms with E-state index in [1.54, 1.807) is 36.7 Å². The summed E-state index contributed by atoms with van der Waals surface area (Å²) in [6, 6.07) is 21.0. The minimum Gasteiger partial charge on any atom is -0.467 e. The number of hydrogen-bond donors (Lipinski definition) is 1. The maximum absolute atomic E-state index is 13.1. The highest BCUT2D eigenvalue weighted by Gasteiger charge is 2.13. The summed E-state index contributed by atoms with van der Waals surface area (Å²) in [6.07, 6.45) is 3.26. The number of thioether (sulfide) groups is 1. The molecular formula is C25H21FN2O3S. The molecule has 0 unspecified atom stereocenters. The van der Waals surface area contributed by atoms with Crippen molar-refractivity contribution < 1.29 is 18.3 Å². The minimum atomic E-state index is -0.273. The summed E-state index contributed by atoms with van der Waals surface area (Å²) in [5.41, 5.74) is 3.05. The van der Waals surface area contributed by atoms with Crippen LogP contribution in [0.25, 0.3) is 0 Å². The number of benzene rings is 2. The molecule has 162 valence electrons. The summed E-state index contributed by atoms with van der Waals surface area (Å²) in [4.78, 5) is 17.3. The van der Waals surface area contributed by atoms with Gasteiger partial charge >= 0.3 is 0 Å². The first-order valence-electron chi connectivity index (χ1n) is 10.00. The Morgan fingerprint density at radius 2 is 1.88 bits per heavy atom. The summed E-state index contributed by atoms with van der Waals surface area (Å²) >= 11 is 1.43. The van der Waals surface area contributed by atoms with Gasteiger partial charge in [0.15, 0.2) is 0 Å². The average molecular weight is 449 g/mol. The van der Waals surface area contributed by atoms with Crippen molar-refractivity contribution >= 4 is 23.4 Å². The lowest BCUT2D eigenvalue weighted by Gasteiger charge is -2.10. The van der Waals surface area contributed by atoms with Gasteiger partial charge in [0.1, 0.15) is 23.2 Å². The zero-order chi connectivity index (χ0) is 22.2. The van der Waals surface area contributed by atoms with Gasteiger partial charge in [0, 0.05) is 17.6 Å². The lowest BCUT2D eigenvalue weighted by atomic mass is 10.2. The zero-order valence-corrected chi connectivity index (χ0v) is 18.0. The van der Waals surface area contributed by atoms with Crippen LogP contribution in [0.2, 0.25) is 0 Å².